The highest BCUT2D eigenvalue weighted by Crippen LogP contribution is 2.48. The molecule has 2 heterocycles. The molecule has 1 aliphatic heterocycles. The quantitative estimate of drug-likeness (QED) is 0.353. The summed E-state index contributed by atoms with van der Waals surface area (Å²) in [5.74, 6) is -0.217. The maximum absolute atomic E-state index is 13.8. The van der Waals surface area contributed by atoms with Gasteiger partial charge < -0.3 is 19.1 Å². The van der Waals surface area contributed by atoms with Crippen LogP contribution in [0.4, 0.5) is 5.69 Å². The summed E-state index contributed by atoms with van der Waals surface area (Å²) in [7, 11) is 1.59. The number of rotatable bonds is 8. The minimum atomic E-state index is -0.683. The highest BCUT2D eigenvalue weighted by molar-refractivity contribution is 7.75. The molecular weight excluding hydrogens is 476 g/mol. The molecular formula is C27H30N4O4S. The Kier molecular flexibility index (Phi) is 6.53. The van der Waals surface area contributed by atoms with Crippen molar-refractivity contribution in [1.82, 2.24) is 15.1 Å². The van der Waals surface area contributed by atoms with Crippen molar-refractivity contribution in [3.05, 3.63) is 71.0 Å². The lowest BCUT2D eigenvalue weighted by atomic mass is 9.95. The zero-order chi connectivity index (χ0) is 25.4. The summed E-state index contributed by atoms with van der Waals surface area (Å²) < 4.78 is 11.4. The van der Waals surface area contributed by atoms with Gasteiger partial charge in [0.1, 0.15) is 11.4 Å². The molecule has 1 fully saturated rings. The highest BCUT2D eigenvalue weighted by atomic mass is 32.1. The van der Waals surface area contributed by atoms with Gasteiger partial charge >= 0.3 is 5.97 Å². The number of aromatic nitrogens is 2. The first-order chi connectivity index (χ1) is 17.4. The van der Waals surface area contributed by atoms with E-state index in [2.05, 4.69) is 53.5 Å². The van der Waals surface area contributed by atoms with Gasteiger partial charge in [-0.05, 0) is 61.2 Å². The molecule has 1 amide bonds. The Morgan fingerprint density at radius 2 is 1.78 bits per heavy atom. The number of methoxy groups -OCH3 is 1. The van der Waals surface area contributed by atoms with E-state index in [0.29, 0.717) is 41.7 Å². The van der Waals surface area contributed by atoms with Crippen molar-refractivity contribution in [3.8, 4) is 11.4 Å². The third-order valence-corrected chi connectivity index (χ3v) is 7.27. The fourth-order valence-electron chi connectivity index (χ4n) is 4.84. The number of ether oxygens (including phenoxy) is 1. The minimum Gasteiger partial charge on any atom is -0.497 e. The number of benzene rings is 2. The number of carbonyl (C=O) groups is 2. The smallest absolute Gasteiger partial charge is 0.370 e. The molecule has 1 N–H and O–H groups in total. The van der Waals surface area contributed by atoms with Crippen LogP contribution in [0.1, 0.15) is 58.8 Å². The predicted octanol–water partition coefficient (Wildman–Crippen LogP) is 4.12. The van der Waals surface area contributed by atoms with Gasteiger partial charge in [-0.3, -0.25) is 4.79 Å². The SMILES string of the molecule is COc1ccc(-n2nc(C(=O)OS)c3c2C(=O)N(c2ccc(C4(CNC(C)C)CC4)cc2)CC3)cc1. The maximum atomic E-state index is 13.8. The van der Waals surface area contributed by atoms with Crippen LogP contribution in [0.25, 0.3) is 5.69 Å². The summed E-state index contributed by atoms with van der Waals surface area (Å²) >= 11 is 3.66. The van der Waals surface area contributed by atoms with Gasteiger partial charge in [0.2, 0.25) is 0 Å². The average molecular weight is 507 g/mol. The molecule has 1 aliphatic carbocycles. The zero-order valence-electron chi connectivity index (χ0n) is 20.7. The first kappa shape index (κ1) is 24.4. The van der Waals surface area contributed by atoms with Crippen molar-refractivity contribution in [3.63, 3.8) is 0 Å². The molecule has 2 aromatic carbocycles. The summed E-state index contributed by atoms with van der Waals surface area (Å²) in [6.45, 7) is 5.72. The highest BCUT2D eigenvalue weighted by Gasteiger charge is 2.44. The number of hydrogen-bond acceptors (Lipinski definition) is 7. The number of amides is 1. The van der Waals surface area contributed by atoms with Crippen molar-refractivity contribution in [2.75, 3.05) is 25.1 Å². The Balaban J connectivity index is 1.47. The van der Waals surface area contributed by atoms with Gasteiger partial charge in [-0.15, -0.1) is 0 Å². The molecule has 0 saturated heterocycles. The molecule has 0 radical (unpaired) electrons. The summed E-state index contributed by atoms with van der Waals surface area (Å²) in [6.07, 6.45) is 2.81. The lowest BCUT2D eigenvalue weighted by molar-refractivity contribution is 0.0764. The molecule has 9 heteroatoms. The number of nitrogens with one attached hydrogen (secondary N) is 1. The Hall–Kier alpha value is -3.30. The van der Waals surface area contributed by atoms with E-state index in [4.69, 9.17) is 4.74 Å². The van der Waals surface area contributed by atoms with E-state index in [1.165, 1.54) is 23.1 Å². The Labute approximate surface area is 216 Å². The van der Waals surface area contributed by atoms with Gasteiger partial charge in [-0.25, -0.2) is 9.48 Å². The van der Waals surface area contributed by atoms with Gasteiger partial charge in [0.05, 0.1) is 12.8 Å². The molecule has 0 bridgehead atoms. The molecule has 0 spiro atoms. The van der Waals surface area contributed by atoms with Crippen LogP contribution in [0.5, 0.6) is 5.75 Å². The first-order valence-corrected chi connectivity index (χ1v) is 12.5. The minimum absolute atomic E-state index is 0.104. The number of carbonyl (C=O) groups excluding carboxylic acids is 2. The molecule has 1 saturated carbocycles. The fourth-order valence-corrected chi connectivity index (χ4v) is 4.92. The molecule has 8 nitrogen and oxygen atoms in total. The van der Waals surface area contributed by atoms with E-state index in [1.807, 2.05) is 12.1 Å². The van der Waals surface area contributed by atoms with Crippen molar-refractivity contribution in [2.24, 2.45) is 0 Å². The van der Waals surface area contributed by atoms with Crippen molar-refractivity contribution < 1.29 is 18.5 Å². The summed E-state index contributed by atoms with van der Waals surface area (Å²) in [6, 6.07) is 15.9. The van der Waals surface area contributed by atoms with Gasteiger partial charge in [0.15, 0.2) is 5.69 Å². The molecule has 3 aromatic rings. The second-order valence-electron chi connectivity index (χ2n) is 9.73. The van der Waals surface area contributed by atoms with Gasteiger partial charge in [-0.2, -0.15) is 5.10 Å². The van der Waals surface area contributed by atoms with Crippen LogP contribution < -0.4 is 15.0 Å². The zero-order valence-corrected chi connectivity index (χ0v) is 21.5. The summed E-state index contributed by atoms with van der Waals surface area (Å²) in [4.78, 5) is 27.9. The number of nitrogens with zero attached hydrogens (tertiary/aromatic N) is 3. The van der Waals surface area contributed by atoms with Crippen molar-refractivity contribution in [2.45, 2.75) is 44.6 Å². The standard InChI is InChI=1S/C27H30N4O4S/c1-17(2)28-16-27(13-14-27)18-4-6-19(7-5-18)30-15-12-22-23(26(33)35-36)29-31(24(22)25(30)32)20-8-10-21(34-3)11-9-20/h4-11,17,28,36H,12-16H2,1-3H3. The van der Waals surface area contributed by atoms with Crippen LogP contribution in [0.3, 0.4) is 0 Å². The molecule has 2 aliphatic rings. The van der Waals surface area contributed by atoms with E-state index in [9.17, 15) is 9.59 Å². The fraction of sp³-hybridized carbons (Fsp3) is 0.370. The van der Waals surface area contributed by atoms with E-state index >= 15 is 0 Å². The molecule has 36 heavy (non-hydrogen) atoms. The molecule has 1 aromatic heterocycles. The van der Waals surface area contributed by atoms with Crippen LogP contribution in [-0.4, -0.2) is 47.9 Å². The third-order valence-electron chi connectivity index (χ3n) is 7.10. The second-order valence-corrected chi connectivity index (χ2v) is 9.92. The van der Waals surface area contributed by atoms with Gasteiger partial charge in [-0.1, -0.05) is 26.0 Å². The Morgan fingerprint density at radius 1 is 1.11 bits per heavy atom. The summed E-state index contributed by atoms with van der Waals surface area (Å²) in [5.41, 5.74) is 3.98. The van der Waals surface area contributed by atoms with Crippen LogP contribution in [0.15, 0.2) is 48.5 Å². The second kappa shape index (κ2) is 9.63. The Morgan fingerprint density at radius 3 is 2.36 bits per heavy atom. The number of thiol groups is 1. The number of anilines is 1. The van der Waals surface area contributed by atoms with Gasteiger partial charge in [0, 0.05) is 48.7 Å². The first-order valence-electron chi connectivity index (χ1n) is 12.1. The largest absolute Gasteiger partial charge is 0.497 e. The molecule has 0 atom stereocenters. The number of hydrogen-bond donors (Lipinski definition) is 2. The van der Waals surface area contributed by atoms with Crippen molar-refractivity contribution >= 4 is 30.5 Å². The van der Waals surface area contributed by atoms with E-state index in [-0.39, 0.29) is 17.0 Å². The van der Waals surface area contributed by atoms with E-state index in [1.54, 1.807) is 36.3 Å². The lowest BCUT2D eigenvalue weighted by Gasteiger charge is -2.28. The lowest BCUT2D eigenvalue weighted by Crippen LogP contribution is -2.39. The van der Waals surface area contributed by atoms with Crippen molar-refractivity contribution in [1.29, 1.82) is 0 Å². The third kappa shape index (κ3) is 4.37. The normalized spacial score (nSPS) is 16.1. The van der Waals surface area contributed by atoms with Gasteiger partial charge in [0.25, 0.3) is 5.91 Å². The maximum Gasteiger partial charge on any atom is 0.370 e. The van der Waals surface area contributed by atoms with E-state index < -0.39 is 5.97 Å². The van der Waals surface area contributed by atoms with Crippen LogP contribution in [0, 0.1) is 0 Å². The van der Waals surface area contributed by atoms with E-state index in [0.717, 1.165) is 12.2 Å². The van der Waals surface area contributed by atoms with Crippen LogP contribution >= 0.6 is 12.9 Å². The molecule has 0 unspecified atom stereocenters. The molecule has 188 valence electrons. The number of fused-ring (bicyclic) bond motifs is 1. The average Bonchev–Trinajstić information content (AvgIpc) is 3.60. The summed E-state index contributed by atoms with van der Waals surface area (Å²) in [5, 5.41) is 8.02. The predicted molar refractivity (Wildman–Crippen MR) is 140 cm³/mol. The van der Waals surface area contributed by atoms with Crippen LogP contribution in [-0.2, 0) is 16.0 Å². The van der Waals surface area contributed by atoms with Crippen LogP contribution in [0.2, 0.25) is 0 Å². The monoisotopic (exact) mass is 506 g/mol. The Bertz CT molecular complexity index is 1280. The molecule has 5 rings (SSSR count). The topological polar surface area (TPSA) is 85.7 Å².